The first kappa shape index (κ1) is 10.4. The number of pyridine rings is 1. The third-order valence-corrected chi connectivity index (χ3v) is 1.77. The van der Waals surface area contributed by atoms with Gasteiger partial charge in [0.2, 0.25) is 0 Å². The zero-order valence-electron chi connectivity index (χ0n) is 8.27. The largest absolute Gasteiger partial charge is 0.309 e. The fourth-order valence-corrected chi connectivity index (χ4v) is 1.12. The minimum absolute atomic E-state index is 0.864. The predicted molar refractivity (Wildman–Crippen MR) is 59.6 cm³/mol. The van der Waals surface area contributed by atoms with Gasteiger partial charge in [-0.1, -0.05) is 23.8 Å². The molecule has 2 nitrogen and oxygen atoms in total. The van der Waals surface area contributed by atoms with Crippen molar-refractivity contribution in [2.45, 2.75) is 13.3 Å². The monoisotopic (exact) mass is 186 g/mol. The molecule has 0 aliphatic heterocycles. The fraction of sp³-hybridized carbons (Fsp3) is 0.167. The molecule has 0 aromatic carbocycles. The van der Waals surface area contributed by atoms with E-state index in [-0.39, 0.29) is 0 Å². The van der Waals surface area contributed by atoms with Crippen LogP contribution in [0.2, 0.25) is 0 Å². The molecule has 0 amide bonds. The normalized spacial score (nSPS) is 11.9. The number of nitrogens with zero attached hydrogens (tertiary/aromatic N) is 1. The van der Waals surface area contributed by atoms with Gasteiger partial charge in [-0.15, -0.1) is 0 Å². The lowest BCUT2D eigenvalue weighted by Crippen LogP contribution is -1.89. The lowest BCUT2D eigenvalue weighted by Gasteiger charge is -1.98. The van der Waals surface area contributed by atoms with Gasteiger partial charge in [0.05, 0.1) is 0 Å². The van der Waals surface area contributed by atoms with Crippen molar-refractivity contribution < 1.29 is 0 Å². The Labute approximate surface area is 84.5 Å². The topological polar surface area (TPSA) is 36.7 Å². The van der Waals surface area contributed by atoms with Crippen LogP contribution in [-0.2, 0) is 6.42 Å². The lowest BCUT2D eigenvalue weighted by molar-refractivity contribution is 1.05. The van der Waals surface area contributed by atoms with Gasteiger partial charge in [-0.25, -0.2) is 0 Å². The zero-order valence-corrected chi connectivity index (χ0v) is 8.27. The second kappa shape index (κ2) is 5.86. The van der Waals surface area contributed by atoms with Crippen LogP contribution in [0.1, 0.15) is 12.6 Å². The van der Waals surface area contributed by atoms with Crippen LogP contribution in [0.15, 0.2) is 48.2 Å². The highest BCUT2D eigenvalue weighted by Crippen LogP contribution is 2.03. The SMILES string of the molecule is C/C(=C\C=C/C=N)Cc1ccccn1. The van der Waals surface area contributed by atoms with E-state index in [0.717, 1.165) is 12.1 Å². The van der Waals surface area contributed by atoms with Crippen molar-refractivity contribution in [2.75, 3.05) is 0 Å². The average Bonchev–Trinajstić information content (AvgIpc) is 2.20. The molecule has 0 spiro atoms. The summed E-state index contributed by atoms with van der Waals surface area (Å²) in [6.07, 6.45) is 9.50. The van der Waals surface area contributed by atoms with Crippen LogP contribution in [0.4, 0.5) is 0 Å². The maximum absolute atomic E-state index is 6.81. The molecule has 1 aromatic heterocycles. The molecule has 0 aliphatic carbocycles. The summed E-state index contributed by atoms with van der Waals surface area (Å²) in [4.78, 5) is 4.24. The smallest absolute Gasteiger partial charge is 0.0444 e. The fourth-order valence-electron chi connectivity index (χ4n) is 1.12. The molecule has 0 atom stereocenters. The Morgan fingerprint density at radius 1 is 1.43 bits per heavy atom. The molecular formula is C12H14N2. The number of aromatic nitrogens is 1. The maximum Gasteiger partial charge on any atom is 0.0444 e. The van der Waals surface area contributed by atoms with Crippen LogP contribution in [0.5, 0.6) is 0 Å². The first-order chi connectivity index (χ1) is 6.83. The molecule has 0 saturated heterocycles. The molecule has 0 bridgehead atoms. The summed E-state index contributed by atoms with van der Waals surface area (Å²) in [6, 6.07) is 5.91. The molecule has 0 radical (unpaired) electrons. The van der Waals surface area contributed by atoms with E-state index in [9.17, 15) is 0 Å². The van der Waals surface area contributed by atoms with E-state index in [2.05, 4.69) is 11.9 Å². The van der Waals surface area contributed by atoms with E-state index in [1.165, 1.54) is 11.8 Å². The number of rotatable bonds is 4. The van der Waals surface area contributed by atoms with E-state index in [4.69, 9.17) is 5.41 Å². The Bertz CT molecular complexity index is 337. The minimum Gasteiger partial charge on any atom is -0.309 e. The van der Waals surface area contributed by atoms with Crippen LogP contribution in [0.25, 0.3) is 0 Å². The highest BCUT2D eigenvalue weighted by atomic mass is 14.7. The van der Waals surface area contributed by atoms with Gasteiger partial charge in [-0.3, -0.25) is 4.98 Å². The molecule has 1 rings (SSSR count). The van der Waals surface area contributed by atoms with Gasteiger partial charge in [0.25, 0.3) is 0 Å². The van der Waals surface area contributed by atoms with Crippen LogP contribution in [0.3, 0.4) is 0 Å². The molecule has 0 aliphatic rings. The van der Waals surface area contributed by atoms with Gasteiger partial charge in [0, 0.05) is 24.5 Å². The van der Waals surface area contributed by atoms with E-state index in [1.807, 2.05) is 30.4 Å². The predicted octanol–water partition coefficient (Wildman–Crippen LogP) is 2.78. The first-order valence-corrected chi connectivity index (χ1v) is 4.55. The quantitative estimate of drug-likeness (QED) is 0.569. The van der Waals surface area contributed by atoms with Gasteiger partial charge in [-0.05, 0) is 25.1 Å². The molecule has 1 heterocycles. The van der Waals surface area contributed by atoms with Crippen molar-refractivity contribution in [3.8, 4) is 0 Å². The summed E-state index contributed by atoms with van der Waals surface area (Å²) in [5.41, 5.74) is 2.31. The average molecular weight is 186 g/mol. The van der Waals surface area contributed by atoms with Gasteiger partial charge >= 0.3 is 0 Å². The third-order valence-electron chi connectivity index (χ3n) is 1.77. The van der Waals surface area contributed by atoms with Crippen LogP contribution in [0, 0.1) is 5.41 Å². The molecule has 0 unspecified atom stereocenters. The summed E-state index contributed by atoms with van der Waals surface area (Å²) in [5.74, 6) is 0. The number of nitrogens with one attached hydrogen (secondary N) is 1. The van der Waals surface area contributed by atoms with Crippen LogP contribution < -0.4 is 0 Å². The Morgan fingerprint density at radius 3 is 2.93 bits per heavy atom. The Morgan fingerprint density at radius 2 is 2.29 bits per heavy atom. The summed E-state index contributed by atoms with van der Waals surface area (Å²) in [6.45, 7) is 2.06. The standard InChI is InChI=1S/C12H14N2/c1-11(6-2-4-8-13)10-12-7-3-5-9-14-12/h2-9,13H,10H2,1H3/b4-2-,11-6+,13-8?. The lowest BCUT2D eigenvalue weighted by atomic mass is 10.1. The Balaban J connectivity index is 2.57. The van der Waals surface area contributed by atoms with E-state index in [1.54, 1.807) is 12.3 Å². The van der Waals surface area contributed by atoms with Crippen molar-refractivity contribution in [1.29, 1.82) is 5.41 Å². The van der Waals surface area contributed by atoms with Gasteiger partial charge in [0.1, 0.15) is 0 Å². The highest BCUT2D eigenvalue weighted by molar-refractivity contribution is 5.68. The van der Waals surface area contributed by atoms with Crippen molar-refractivity contribution >= 4 is 6.21 Å². The molecule has 72 valence electrons. The molecule has 0 fully saturated rings. The third kappa shape index (κ3) is 3.81. The van der Waals surface area contributed by atoms with E-state index >= 15 is 0 Å². The number of allylic oxidation sites excluding steroid dienone is 4. The molecule has 1 N–H and O–H groups in total. The second-order valence-corrected chi connectivity index (χ2v) is 3.06. The summed E-state index contributed by atoms with van der Waals surface area (Å²) in [7, 11) is 0. The van der Waals surface area contributed by atoms with Crippen molar-refractivity contribution in [2.24, 2.45) is 0 Å². The molecular weight excluding hydrogens is 172 g/mol. The zero-order chi connectivity index (χ0) is 10.2. The molecule has 14 heavy (non-hydrogen) atoms. The Hall–Kier alpha value is -1.70. The van der Waals surface area contributed by atoms with Crippen molar-refractivity contribution in [3.63, 3.8) is 0 Å². The molecule has 2 heteroatoms. The molecule has 0 saturated carbocycles. The van der Waals surface area contributed by atoms with Crippen LogP contribution in [-0.4, -0.2) is 11.2 Å². The highest BCUT2D eigenvalue weighted by Gasteiger charge is 1.92. The van der Waals surface area contributed by atoms with Gasteiger partial charge < -0.3 is 5.41 Å². The Kier molecular flexibility index (Phi) is 4.35. The maximum atomic E-state index is 6.81. The number of hydrogen-bond acceptors (Lipinski definition) is 2. The molecule has 1 aromatic rings. The van der Waals surface area contributed by atoms with Crippen LogP contribution >= 0.6 is 0 Å². The first-order valence-electron chi connectivity index (χ1n) is 4.55. The summed E-state index contributed by atoms with van der Waals surface area (Å²) < 4.78 is 0. The van der Waals surface area contributed by atoms with Crippen molar-refractivity contribution in [3.05, 3.63) is 53.9 Å². The van der Waals surface area contributed by atoms with Gasteiger partial charge in [0.15, 0.2) is 0 Å². The second-order valence-electron chi connectivity index (χ2n) is 3.06. The number of hydrogen-bond donors (Lipinski definition) is 1. The van der Waals surface area contributed by atoms with Crippen molar-refractivity contribution in [1.82, 2.24) is 4.98 Å². The summed E-state index contributed by atoms with van der Waals surface area (Å²) in [5, 5.41) is 6.81. The minimum atomic E-state index is 0.864. The van der Waals surface area contributed by atoms with E-state index in [0.29, 0.717) is 0 Å². The van der Waals surface area contributed by atoms with Gasteiger partial charge in [-0.2, -0.15) is 0 Å². The summed E-state index contributed by atoms with van der Waals surface area (Å²) >= 11 is 0. The van der Waals surface area contributed by atoms with E-state index < -0.39 is 0 Å².